The van der Waals surface area contributed by atoms with Crippen molar-refractivity contribution in [2.24, 2.45) is 0 Å². The van der Waals surface area contributed by atoms with E-state index in [1.54, 1.807) is 0 Å². The molecule has 1 saturated heterocycles. The molecule has 1 aliphatic rings. The summed E-state index contributed by atoms with van der Waals surface area (Å²) in [5, 5.41) is 19.6. The Balaban J connectivity index is 2.24. The van der Waals surface area contributed by atoms with Gasteiger partial charge in [-0.3, -0.25) is 9.69 Å². The zero-order chi connectivity index (χ0) is 13.5. The first-order valence-electron chi connectivity index (χ1n) is 5.38. The van der Waals surface area contributed by atoms with E-state index in [4.69, 9.17) is 10.2 Å². The lowest BCUT2D eigenvalue weighted by Crippen LogP contribution is -2.37. The molecular formula is C10H15N3O5. The Morgan fingerprint density at radius 2 is 1.94 bits per heavy atom. The van der Waals surface area contributed by atoms with Crippen LogP contribution in [0, 0.1) is 0 Å². The van der Waals surface area contributed by atoms with Crippen LogP contribution < -0.4 is 5.32 Å². The van der Waals surface area contributed by atoms with E-state index in [0.29, 0.717) is 19.6 Å². The Hall–Kier alpha value is -2.09. The molecule has 1 rings (SSSR count). The van der Waals surface area contributed by atoms with Gasteiger partial charge in [0.2, 0.25) is 5.91 Å². The highest BCUT2D eigenvalue weighted by Gasteiger charge is 2.26. The molecule has 100 valence electrons. The molecule has 3 N–H and O–H groups in total. The van der Waals surface area contributed by atoms with E-state index >= 15 is 0 Å². The van der Waals surface area contributed by atoms with Crippen molar-refractivity contribution < 1.29 is 24.6 Å². The van der Waals surface area contributed by atoms with Crippen molar-refractivity contribution in [3.05, 3.63) is 12.2 Å². The average Bonchev–Trinajstić information content (AvgIpc) is 2.68. The third kappa shape index (κ3) is 4.06. The van der Waals surface area contributed by atoms with Gasteiger partial charge in [-0.2, -0.15) is 0 Å². The fourth-order valence-electron chi connectivity index (χ4n) is 1.49. The highest BCUT2D eigenvalue weighted by molar-refractivity contribution is 5.93. The van der Waals surface area contributed by atoms with Crippen LogP contribution in [0.15, 0.2) is 12.2 Å². The maximum Gasteiger partial charge on any atom is 0.328 e. The minimum atomic E-state index is -1.20. The van der Waals surface area contributed by atoms with Gasteiger partial charge in [0.05, 0.1) is 0 Å². The van der Waals surface area contributed by atoms with Crippen molar-refractivity contribution in [2.75, 3.05) is 32.9 Å². The molecule has 8 nitrogen and oxygen atoms in total. The molecule has 0 aromatic heterocycles. The summed E-state index contributed by atoms with van der Waals surface area (Å²) in [6, 6.07) is -0.271. The standard InChI is InChI=1S/C10H15N3O5/c14-7-13-6-5-12(10(13)18)4-3-11-8(15)1-2-9(16)17/h1-2,14H,3-7H2,(H,11,15)(H,16,17). The Labute approximate surface area is 103 Å². The van der Waals surface area contributed by atoms with Crippen molar-refractivity contribution in [2.45, 2.75) is 0 Å². The molecule has 18 heavy (non-hydrogen) atoms. The number of nitrogens with zero attached hydrogens (tertiary/aromatic N) is 2. The highest BCUT2D eigenvalue weighted by atomic mass is 16.4. The summed E-state index contributed by atoms with van der Waals surface area (Å²) in [6.45, 7) is 1.20. The zero-order valence-electron chi connectivity index (χ0n) is 9.70. The first-order chi connectivity index (χ1) is 8.54. The maximum atomic E-state index is 11.5. The van der Waals surface area contributed by atoms with Crippen molar-refractivity contribution in [3.63, 3.8) is 0 Å². The lowest BCUT2D eigenvalue weighted by atomic mass is 10.4. The van der Waals surface area contributed by atoms with Gasteiger partial charge in [0.1, 0.15) is 6.73 Å². The van der Waals surface area contributed by atoms with Gasteiger partial charge < -0.3 is 20.4 Å². The molecule has 0 unspecified atom stereocenters. The summed E-state index contributed by atoms with van der Waals surface area (Å²) >= 11 is 0. The van der Waals surface area contributed by atoms with Crippen LogP contribution in [-0.4, -0.2) is 70.8 Å². The van der Waals surface area contributed by atoms with Crippen molar-refractivity contribution in [1.82, 2.24) is 15.1 Å². The third-order valence-electron chi connectivity index (χ3n) is 2.41. The number of aliphatic hydroxyl groups is 1. The number of hydrogen-bond acceptors (Lipinski definition) is 4. The first-order valence-corrected chi connectivity index (χ1v) is 5.38. The minimum Gasteiger partial charge on any atom is -0.478 e. The van der Waals surface area contributed by atoms with Gasteiger partial charge in [0.25, 0.3) is 0 Å². The normalized spacial score (nSPS) is 15.5. The van der Waals surface area contributed by atoms with Crippen molar-refractivity contribution in [3.8, 4) is 0 Å². The number of carboxylic acids is 1. The van der Waals surface area contributed by atoms with Crippen LogP contribution in [0.25, 0.3) is 0 Å². The quantitative estimate of drug-likeness (QED) is 0.498. The zero-order valence-corrected chi connectivity index (χ0v) is 9.70. The van der Waals surface area contributed by atoms with Gasteiger partial charge >= 0.3 is 12.0 Å². The summed E-state index contributed by atoms with van der Waals surface area (Å²) in [5.41, 5.74) is 0. The lowest BCUT2D eigenvalue weighted by Gasteiger charge is -2.16. The van der Waals surface area contributed by atoms with E-state index in [1.165, 1.54) is 9.80 Å². The summed E-state index contributed by atoms with van der Waals surface area (Å²) in [5.74, 6) is -1.72. The molecule has 0 spiro atoms. The number of carbonyl (C=O) groups is 3. The number of urea groups is 1. The number of nitrogens with one attached hydrogen (secondary N) is 1. The molecule has 0 atom stereocenters. The molecule has 0 radical (unpaired) electrons. The molecule has 0 bridgehead atoms. The molecule has 1 heterocycles. The van der Waals surface area contributed by atoms with Crippen LogP contribution in [0.1, 0.15) is 0 Å². The molecule has 0 aliphatic carbocycles. The first kappa shape index (κ1) is 14.0. The topological polar surface area (TPSA) is 110 Å². The summed E-state index contributed by atoms with van der Waals surface area (Å²) in [7, 11) is 0. The Bertz CT molecular complexity index is 369. The van der Waals surface area contributed by atoms with Crippen LogP contribution in [0.5, 0.6) is 0 Å². The lowest BCUT2D eigenvalue weighted by molar-refractivity contribution is -0.131. The number of aliphatic hydroxyl groups excluding tert-OH is 1. The Morgan fingerprint density at radius 3 is 2.50 bits per heavy atom. The van der Waals surface area contributed by atoms with E-state index in [-0.39, 0.29) is 19.3 Å². The number of rotatable bonds is 6. The molecule has 3 amide bonds. The molecule has 0 aromatic carbocycles. The Kier molecular flexibility index (Phi) is 5.12. The van der Waals surface area contributed by atoms with Crippen LogP contribution in [0.3, 0.4) is 0 Å². The number of carboxylic acid groups (broad SMARTS) is 1. The average molecular weight is 257 g/mol. The largest absolute Gasteiger partial charge is 0.478 e. The maximum absolute atomic E-state index is 11.5. The molecule has 0 aromatic rings. The SMILES string of the molecule is O=C(O)C=CC(=O)NCCN1CCN(CO)C1=O. The van der Waals surface area contributed by atoms with Gasteiger partial charge in [0.15, 0.2) is 0 Å². The van der Waals surface area contributed by atoms with E-state index in [1.807, 2.05) is 0 Å². The highest BCUT2D eigenvalue weighted by Crippen LogP contribution is 2.05. The minimum absolute atomic E-state index is 0.230. The predicted molar refractivity (Wildman–Crippen MR) is 60.5 cm³/mol. The summed E-state index contributed by atoms with van der Waals surface area (Å²) in [6.07, 6.45) is 1.65. The third-order valence-corrected chi connectivity index (χ3v) is 2.41. The second kappa shape index (κ2) is 6.60. The fourth-order valence-corrected chi connectivity index (χ4v) is 1.49. The number of hydrogen-bond donors (Lipinski definition) is 3. The number of carbonyl (C=O) groups excluding carboxylic acids is 2. The van der Waals surface area contributed by atoms with Crippen LogP contribution >= 0.6 is 0 Å². The monoisotopic (exact) mass is 257 g/mol. The second-order valence-corrected chi connectivity index (χ2v) is 3.64. The summed E-state index contributed by atoms with van der Waals surface area (Å²) < 4.78 is 0. The van der Waals surface area contributed by atoms with Crippen LogP contribution in [0.4, 0.5) is 4.79 Å². The van der Waals surface area contributed by atoms with Crippen molar-refractivity contribution >= 4 is 17.9 Å². The van der Waals surface area contributed by atoms with Gasteiger partial charge in [-0.05, 0) is 0 Å². The van der Waals surface area contributed by atoms with Gasteiger partial charge in [-0.1, -0.05) is 0 Å². The van der Waals surface area contributed by atoms with Gasteiger partial charge in [-0.25, -0.2) is 9.59 Å². The fraction of sp³-hybridized carbons (Fsp3) is 0.500. The molecule has 1 fully saturated rings. The molecular weight excluding hydrogens is 242 g/mol. The molecule has 1 aliphatic heterocycles. The number of aliphatic carboxylic acids is 1. The second-order valence-electron chi connectivity index (χ2n) is 3.64. The van der Waals surface area contributed by atoms with E-state index < -0.39 is 11.9 Å². The van der Waals surface area contributed by atoms with Crippen LogP contribution in [-0.2, 0) is 9.59 Å². The van der Waals surface area contributed by atoms with E-state index in [0.717, 1.165) is 12.2 Å². The smallest absolute Gasteiger partial charge is 0.328 e. The van der Waals surface area contributed by atoms with E-state index in [9.17, 15) is 14.4 Å². The summed E-state index contributed by atoms with van der Waals surface area (Å²) in [4.78, 5) is 35.6. The Morgan fingerprint density at radius 1 is 1.28 bits per heavy atom. The van der Waals surface area contributed by atoms with Gasteiger partial charge in [0, 0.05) is 38.3 Å². The predicted octanol–water partition coefficient (Wildman–Crippen LogP) is -1.57. The number of amides is 3. The van der Waals surface area contributed by atoms with Crippen LogP contribution in [0.2, 0.25) is 0 Å². The molecule has 0 saturated carbocycles. The molecule has 8 heteroatoms. The van der Waals surface area contributed by atoms with Crippen molar-refractivity contribution in [1.29, 1.82) is 0 Å². The van der Waals surface area contributed by atoms with E-state index in [2.05, 4.69) is 5.32 Å². The van der Waals surface area contributed by atoms with Gasteiger partial charge in [-0.15, -0.1) is 0 Å².